The molecule has 2 N–H and O–H groups in total. The monoisotopic (exact) mass is 251 g/mol. The first-order valence-electron chi connectivity index (χ1n) is 6.57. The Hall–Kier alpha value is -1.09. The van der Waals surface area contributed by atoms with Gasteiger partial charge in [0.15, 0.2) is 0 Å². The second kappa shape index (κ2) is 4.88. The van der Waals surface area contributed by atoms with Crippen LogP contribution in [0.5, 0.6) is 5.75 Å². The summed E-state index contributed by atoms with van der Waals surface area (Å²) in [6.07, 6.45) is 2.87. The SMILES string of the molecule is COc1ccc(C2(N)CC(C)CC(C)C2)c(F)c1. The fraction of sp³-hybridized carbons (Fsp3) is 0.600. The largest absolute Gasteiger partial charge is 0.497 e. The Morgan fingerprint density at radius 3 is 2.39 bits per heavy atom. The van der Waals surface area contributed by atoms with E-state index >= 15 is 0 Å². The zero-order chi connectivity index (χ0) is 13.3. The van der Waals surface area contributed by atoms with Gasteiger partial charge in [0.2, 0.25) is 0 Å². The molecule has 1 fully saturated rings. The van der Waals surface area contributed by atoms with Gasteiger partial charge in [0.05, 0.1) is 7.11 Å². The van der Waals surface area contributed by atoms with Crippen molar-refractivity contribution in [3.05, 3.63) is 29.6 Å². The fourth-order valence-corrected chi connectivity index (χ4v) is 3.43. The van der Waals surface area contributed by atoms with Crippen molar-refractivity contribution in [2.24, 2.45) is 17.6 Å². The minimum atomic E-state index is -0.534. The zero-order valence-electron chi connectivity index (χ0n) is 11.4. The number of rotatable bonds is 2. The highest BCUT2D eigenvalue weighted by Gasteiger charge is 2.37. The smallest absolute Gasteiger partial charge is 0.131 e. The molecule has 2 rings (SSSR count). The first kappa shape index (κ1) is 13.3. The summed E-state index contributed by atoms with van der Waals surface area (Å²) in [4.78, 5) is 0. The summed E-state index contributed by atoms with van der Waals surface area (Å²) >= 11 is 0. The maximum absolute atomic E-state index is 14.2. The number of nitrogens with two attached hydrogens (primary N) is 1. The summed E-state index contributed by atoms with van der Waals surface area (Å²) in [5.74, 6) is 1.37. The van der Waals surface area contributed by atoms with Crippen LogP contribution in [0.3, 0.4) is 0 Å². The standard InChI is InChI=1S/C15H22FNO/c1-10-6-11(2)9-15(17,8-10)13-5-4-12(18-3)7-14(13)16/h4-5,7,10-11H,6,8-9,17H2,1-3H3. The van der Waals surface area contributed by atoms with Gasteiger partial charge in [-0.1, -0.05) is 19.9 Å². The van der Waals surface area contributed by atoms with Crippen LogP contribution in [0.1, 0.15) is 38.7 Å². The van der Waals surface area contributed by atoms with Gasteiger partial charge in [-0.05, 0) is 37.2 Å². The van der Waals surface area contributed by atoms with Gasteiger partial charge < -0.3 is 10.5 Å². The first-order valence-corrected chi connectivity index (χ1v) is 6.57. The van der Waals surface area contributed by atoms with Gasteiger partial charge in [-0.25, -0.2) is 4.39 Å². The molecule has 2 unspecified atom stereocenters. The average Bonchev–Trinajstić information content (AvgIpc) is 2.26. The average molecular weight is 251 g/mol. The van der Waals surface area contributed by atoms with Crippen molar-refractivity contribution in [2.45, 2.75) is 38.6 Å². The van der Waals surface area contributed by atoms with Crippen LogP contribution in [0.25, 0.3) is 0 Å². The molecule has 2 atom stereocenters. The van der Waals surface area contributed by atoms with Gasteiger partial charge >= 0.3 is 0 Å². The van der Waals surface area contributed by atoms with E-state index < -0.39 is 5.54 Å². The Bertz CT molecular complexity index is 423. The predicted octanol–water partition coefficient (Wildman–Crippen LogP) is 3.44. The second-order valence-electron chi connectivity index (χ2n) is 5.86. The number of hydrogen-bond acceptors (Lipinski definition) is 2. The number of hydrogen-bond donors (Lipinski definition) is 1. The molecule has 1 saturated carbocycles. The van der Waals surface area contributed by atoms with Crippen molar-refractivity contribution in [2.75, 3.05) is 7.11 Å². The quantitative estimate of drug-likeness (QED) is 0.873. The zero-order valence-corrected chi connectivity index (χ0v) is 11.4. The van der Waals surface area contributed by atoms with Crippen molar-refractivity contribution in [1.82, 2.24) is 0 Å². The molecule has 1 aromatic rings. The van der Waals surface area contributed by atoms with Crippen molar-refractivity contribution in [3.8, 4) is 5.75 Å². The van der Waals surface area contributed by atoms with E-state index in [4.69, 9.17) is 10.5 Å². The highest BCUT2D eigenvalue weighted by atomic mass is 19.1. The minimum absolute atomic E-state index is 0.252. The molecule has 2 nitrogen and oxygen atoms in total. The van der Waals surface area contributed by atoms with Crippen LogP contribution in [-0.4, -0.2) is 7.11 Å². The van der Waals surface area contributed by atoms with E-state index in [1.165, 1.54) is 19.6 Å². The molecule has 0 aromatic heterocycles. The van der Waals surface area contributed by atoms with Gasteiger partial charge in [0, 0.05) is 17.2 Å². The molecule has 1 aromatic carbocycles. The number of ether oxygens (including phenoxy) is 1. The van der Waals surface area contributed by atoms with Gasteiger partial charge in [-0.3, -0.25) is 0 Å². The van der Waals surface area contributed by atoms with Gasteiger partial charge in [0.1, 0.15) is 11.6 Å². The van der Waals surface area contributed by atoms with Crippen LogP contribution >= 0.6 is 0 Å². The van der Waals surface area contributed by atoms with Crippen molar-refractivity contribution in [3.63, 3.8) is 0 Å². The molecule has 1 aliphatic rings. The van der Waals surface area contributed by atoms with Crippen LogP contribution < -0.4 is 10.5 Å². The molecule has 18 heavy (non-hydrogen) atoms. The Morgan fingerprint density at radius 1 is 1.28 bits per heavy atom. The number of halogens is 1. The van der Waals surface area contributed by atoms with Gasteiger partial charge in [0.25, 0.3) is 0 Å². The van der Waals surface area contributed by atoms with Crippen LogP contribution in [0.2, 0.25) is 0 Å². The number of methoxy groups -OCH3 is 1. The van der Waals surface area contributed by atoms with Gasteiger partial charge in [-0.15, -0.1) is 0 Å². The number of benzene rings is 1. The normalized spacial score (nSPS) is 32.3. The lowest BCUT2D eigenvalue weighted by molar-refractivity contribution is 0.179. The fourth-order valence-electron chi connectivity index (χ4n) is 3.43. The molecule has 0 radical (unpaired) electrons. The third-order valence-electron chi connectivity index (χ3n) is 3.94. The molecule has 0 amide bonds. The maximum atomic E-state index is 14.2. The highest BCUT2D eigenvalue weighted by molar-refractivity contribution is 5.34. The van der Waals surface area contributed by atoms with Crippen LogP contribution in [-0.2, 0) is 5.54 Å². The summed E-state index contributed by atoms with van der Waals surface area (Å²) in [7, 11) is 1.54. The van der Waals surface area contributed by atoms with Crippen molar-refractivity contribution < 1.29 is 9.13 Å². The van der Waals surface area contributed by atoms with Crippen LogP contribution in [0.15, 0.2) is 18.2 Å². The molecule has 0 bridgehead atoms. The molecule has 1 aliphatic carbocycles. The summed E-state index contributed by atoms with van der Waals surface area (Å²) in [6, 6.07) is 4.99. The predicted molar refractivity (Wildman–Crippen MR) is 71.0 cm³/mol. The van der Waals surface area contributed by atoms with Crippen LogP contribution in [0, 0.1) is 17.7 Å². The highest BCUT2D eigenvalue weighted by Crippen LogP contribution is 2.41. The lowest BCUT2D eigenvalue weighted by atomic mass is 9.69. The molecule has 0 aliphatic heterocycles. The van der Waals surface area contributed by atoms with E-state index in [0.29, 0.717) is 23.1 Å². The van der Waals surface area contributed by atoms with E-state index in [1.807, 2.05) is 0 Å². The van der Waals surface area contributed by atoms with E-state index in [9.17, 15) is 4.39 Å². The topological polar surface area (TPSA) is 35.2 Å². The molecule has 3 heteroatoms. The molecule has 0 saturated heterocycles. The maximum Gasteiger partial charge on any atom is 0.131 e. The summed E-state index contributed by atoms with van der Waals surface area (Å²) in [5, 5.41) is 0. The van der Waals surface area contributed by atoms with Crippen molar-refractivity contribution in [1.29, 1.82) is 0 Å². The Balaban J connectivity index is 2.34. The summed E-state index contributed by atoms with van der Waals surface area (Å²) < 4.78 is 19.2. The van der Waals surface area contributed by atoms with Gasteiger partial charge in [-0.2, -0.15) is 0 Å². The molecule has 100 valence electrons. The molecular weight excluding hydrogens is 229 g/mol. The Kier molecular flexibility index (Phi) is 3.62. The Labute approximate surface area is 108 Å². The van der Waals surface area contributed by atoms with E-state index in [1.54, 1.807) is 12.1 Å². The Morgan fingerprint density at radius 2 is 1.89 bits per heavy atom. The van der Waals surface area contributed by atoms with E-state index in [-0.39, 0.29) is 5.82 Å². The molecular formula is C15H22FNO. The lowest BCUT2D eigenvalue weighted by Gasteiger charge is -2.40. The molecule has 0 heterocycles. The molecule has 0 spiro atoms. The lowest BCUT2D eigenvalue weighted by Crippen LogP contribution is -2.44. The third kappa shape index (κ3) is 2.51. The van der Waals surface area contributed by atoms with E-state index in [0.717, 1.165) is 12.8 Å². The van der Waals surface area contributed by atoms with E-state index in [2.05, 4.69) is 13.8 Å². The third-order valence-corrected chi connectivity index (χ3v) is 3.94. The van der Waals surface area contributed by atoms with Crippen LogP contribution in [0.4, 0.5) is 4.39 Å². The summed E-state index contributed by atoms with van der Waals surface area (Å²) in [6.45, 7) is 4.39. The van der Waals surface area contributed by atoms with Crippen molar-refractivity contribution >= 4 is 0 Å². The summed E-state index contributed by atoms with van der Waals surface area (Å²) in [5.41, 5.74) is 6.57. The first-order chi connectivity index (χ1) is 8.44. The minimum Gasteiger partial charge on any atom is -0.497 e. The second-order valence-corrected chi connectivity index (χ2v) is 5.86.